The molecule has 154 valence electrons. The molecule has 0 aromatic carbocycles. The lowest BCUT2D eigenvalue weighted by molar-refractivity contribution is -0.129. The third-order valence-electron chi connectivity index (χ3n) is 4.64. The lowest BCUT2D eigenvalue weighted by Gasteiger charge is -2.26. The molecule has 28 heavy (non-hydrogen) atoms. The predicted octanol–water partition coefficient (Wildman–Crippen LogP) is 2.32. The number of carbonyl (C=O) groups is 1. The number of hydrogen-bond acceptors (Lipinski definition) is 7. The second-order valence-electron chi connectivity index (χ2n) is 7.31. The van der Waals surface area contributed by atoms with E-state index in [1.807, 2.05) is 17.6 Å². The van der Waals surface area contributed by atoms with Crippen LogP contribution >= 0.6 is 11.8 Å². The molecule has 0 aliphatic carbocycles. The zero-order valence-electron chi connectivity index (χ0n) is 16.4. The van der Waals surface area contributed by atoms with Crippen molar-refractivity contribution < 1.29 is 17.6 Å². The van der Waals surface area contributed by atoms with E-state index in [0.717, 1.165) is 0 Å². The Bertz CT molecular complexity index is 906. The van der Waals surface area contributed by atoms with Gasteiger partial charge in [-0.2, -0.15) is 0 Å². The quantitative estimate of drug-likeness (QED) is 0.597. The van der Waals surface area contributed by atoms with E-state index in [9.17, 15) is 13.2 Å². The molecule has 10 heteroatoms. The number of thioether (sulfide) groups is 1. The first kappa shape index (κ1) is 20.9. The number of sulfone groups is 1. The first-order chi connectivity index (χ1) is 13.3. The molecule has 8 nitrogen and oxygen atoms in total. The molecule has 0 bridgehead atoms. The summed E-state index contributed by atoms with van der Waals surface area (Å²) >= 11 is 1.32. The Labute approximate surface area is 169 Å². The van der Waals surface area contributed by atoms with Gasteiger partial charge in [0.15, 0.2) is 26.6 Å². The summed E-state index contributed by atoms with van der Waals surface area (Å²) in [6.07, 6.45) is 2.10. The van der Waals surface area contributed by atoms with Crippen molar-refractivity contribution in [1.82, 2.24) is 19.7 Å². The van der Waals surface area contributed by atoms with Crippen LogP contribution in [-0.2, 0) is 21.2 Å². The molecule has 0 N–H and O–H groups in total. The van der Waals surface area contributed by atoms with E-state index in [2.05, 4.69) is 24.0 Å². The van der Waals surface area contributed by atoms with Crippen LogP contribution in [0.1, 0.15) is 27.2 Å². The fraction of sp³-hybridized carbons (Fsp3) is 0.611. The normalized spacial score (nSPS) is 18.6. The van der Waals surface area contributed by atoms with E-state index < -0.39 is 9.84 Å². The van der Waals surface area contributed by atoms with Crippen LogP contribution in [0.15, 0.2) is 28.0 Å². The predicted molar refractivity (Wildman–Crippen MR) is 108 cm³/mol. The van der Waals surface area contributed by atoms with Gasteiger partial charge in [-0.3, -0.25) is 9.36 Å². The zero-order valence-corrected chi connectivity index (χ0v) is 18.0. The molecule has 1 saturated heterocycles. The smallest absolute Gasteiger partial charge is 0.233 e. The Morgan fingerprint density at radius 1 is 1.43 bits per heavy atom. The minimum atomic E-state index is -3.03. The summed E-state index contributed by atoms with van der Waals surface area (Å²) in [4.78, 5) is 14.4. The van der Waals surface area contributed by atoms with Gasteiger partial charge in [-0.05, 0) is 31.4 Å². The minimum Gasteiger partial charge on any atom is -0.461 e. The fourth-order valence-electron chi connectivity index (χ4n) is 3.38. The number of carbonyl (C=O) groups excluding carboxylic acids is 1. The lowest BCUT2D eigenvalue weighted by atomic mass is 10.2. The Kier molecular flexibility index (Phi) is 6.49. The highest BCUT2D eigenvalue weighted by Gasteiger charge is 2.34. The average Bonchev–Trinajstić information content (AvgIpc) is 3.34. The molecule has 2 aromatic rings. The molecule has 0 spiro atoms. The van der Waals surface area contributed by atoms with Crippen LogP contribution in [0, 0.1) is 5.92 Å². The van der Waals surface area contributed by atoms with Crippen LogP contribution in [0.2, 0.25) is 0 Å². The van der Waals surface area contributed by atoms with Gasteiger partial charge in [0.25, 0.3) is 0 Å². The third kappa shape index (κ3) is 4.78. The van der Waals surface area contributed by atoms with Gasteiger partial charge in [-0.1, -0.05) is 25.6 Å². The van der Waals surface area contributed by atoms with Crippen LogP contribution in [0.25, 0.3) is 11.6 Å². The van der Waals surface area contributed by atoms with Crippen molar-refractivity contribution in [3.63, 3.8) is 0 Å². The van der Waals surface area contributed by atoms with Crippen molar-refractivity contribution in [2.75, 3.05) is 23.8 Å². The first-order valence-corrected chi connectivity index (χ1v) is 12.2. The molecule has 0 unspecified atom stereocenters. The molecule has 3 heterocycles. The second-order valence-corrected chi connectivity index (χ2v) is 10.5. The van der Waals surface area contributed by atoms with Crippen LogP contribution in [0.5, 0.6) is 0 Å². The molecule has 1 aliphatic rings. The third-order valence-corrected chi connectivity index (χ3v) is 7.34. The minimum absolute atomic E-state index is 0.0589. The van der Waals surface area contributed by atoms with Gasteiger partial charge in [0, 0.05) is 19.1 Å². The topological polar surface area (TPSA) is 98.3 Å². The van der Waals surface area contributed by atoms with Crippen molar-refractivity contribution in [2.45, 2.75) is 44.9 Å². The van der Waals surface area contributed by atoms with Crippen LogP contribution in [0.4, 0.5) is 0 Å². The van der Waals surface area contributed by atoms with E-state index >= 15 is 0 Å². The summed E-state index contributed by atoms with van der Waals surface area (Å²) in [5.74, 6) is 1.98. The highest BCUT2D eigenvalue weighted by molar-refractivity contribution is 7.99. The van der Waals surface area contributed by atoms with Crippen LogP contribution in [0.3, 0.4) is 0 Å². The maximum atomic E-state index is 12.7. The average molecular weight is 427 g/mol. The molecule has 2 aromatic heterocycles. The van der Waals surface area contributed by atoms with Crippen LogP contribution in [-0.4, -0.2) is 63.8 Å². The van der Waals surface area contributed by atoms with Gasteiger partial charge in [-0.25, -0.2) is 8.42 Å². The molecule has 1 aliphatic heterocycles. The summed E-state index contributed by atoms with van der Waals surface area (Å²) in [6.45, 7) is 7.29. The van der Waals surface area contributed by atoms with Crippen molar-refractivity contribution >= 4 is 27.5 Å². The molecule has 1 atom stereocenters. The SMILES string of the molecule is CCN(C(=O)CSc1nnc(-c2ccco2)n1CC(C)C)[C@H]1CCS(=O)(=O)C1. The number of furan rings is 1. The van der Waals surface area contributed by atoms with Gasteiger partial charge in [0.1, 0.15) is 0 Å². The van der Waals surface area contributed by atoms with E-state index in [4.69, 9.17) is 4.42 Å². The van der Waals surface area contributed by atoms with E-state index in [1.54, 1.807) is 17.2 Å². The van der Waals surface area contributed by atoms with Gasteiger partial charge in [0.2, 0.25) is 5.91 Å². The molecular weight excluding hydrogens is 400 g/mol. The maximum absolute atomic E-state index is 12.7. The molecule has 1 fully saturated rings. The lowest BCUT2D eigenvalue weighted by Crippen LogP contribution is -2.42. The van der Waals surface area contributed by atoms with E-state index in [-0.39, 0.29) is 29.2 Å². The maximum Gasteiger partial charge on any atom is 0.233 e. The number of hydrogen-bond donors (Lipinski definition) is 0. The Morgan fingerprint density at radius 2 is 2.21 bits per heavy atom. The van der Waals surface area contributed by atoms with E-state index in [1.165, 1.54) is 11.8 Å². The van der Waals surface area contributed by atoms with Crippen LogP contribution < -0.4 is 0 Å². The molecular formula is C18H26N4O4S2. The van der Waals surface area contributed by atoms with E-state index in [0.29, 0.717) is 42.2 Å². The number of aromatic nitrogens is 3. The van der Waals surface area contributed by atoms with Crippen molar-refractivity contribution in [3.8, 4) is 11.6 Å². The van der Waals surface area contributed by atoms with Gasteiger partial charge in [0.05, 0.1) is 23.5 Å². The molecule has 1 amide bonds. The zero-order chi connectivity index (χ0) is 20.3. The van der Waals surface area contributed by atoms with Crippen molar-refractivity contribution in [1.29, 1.82) is 0 Å². The fourth-order valence-corrected chi connectivity index (χ4v) is 5.95. The van der Waals surface area contributed by atoms with Gasteiger partial charge >= 0.3 is 0 Å². The van der Waals surface area contributed by atoms with Crippen molar-refractivity contribution in [3.05, 3.63) is 18.4 Å². The summed E-state index contributed by atoms with van der Waals surface area (Å²) in [6, 6.07) is 3.41. The number of amides is 1. The summed E-state index contributed by atoms with van der Waals surface area (Å²) in [7, 11) is -3.03. The van der Waals surface area contributed by atoms with Gasteiger partial charge < -0.3 is 9.32 Å². The van der Waals surface area contributed by atoms with Crippen molar-refractivity contribution in [2.24, 2.45) is 5.92 Å². The molecule has 0 radical (unpaired) electrons. The molecule has 0 saturated carbocycles. The Balaban J connectivity index is 1.72. The summed E-state index contributed by atoms with van der Waals surface area (Å²) in [5.41, 5.74) is 0. The second kappa shape index (κ2) is 8.69. The molecule has 3 rings (SSSR count). The summed E-state index contributed by atoms with van der Waals surface area (Å²) in [5, 5.41) is 9.15. The Hall–Kier alpha value is -1.81. The highest BCUT2D eigenvalue weighted by atomic mass is 32.2. The highest BCUT2D eigenvalue weighted by Crippen LogP contribution is 2.26. The standard InChI is InChI=1S/C18H26N4O4S2/c1-4-21(14-7-9-28(24,25)12-14)16(23)11-27-18-20-19-17(15-6-5-8-26-15)22(18)10-13(2)3/h5-6,8,13-14H,4,7,9-12H2,1-3H3/t14-/m0/s1. The van der Waals surface area contributed by atoms with Gasteiger partial charge in [-0.15, -0.1) is 10.2 Å². The number of rotatable bonds is 8. The monoisotopic (exact) mass is 426 g/mol. The Morgan fingerprint density at radius 3 is 2.79 bits per heavy atom. The first-order valence-electron chi connectivity index (χ1n) is 9.40. The number of nitrogens with zero attached hydrogens (tertiary/aromatic N) is 4. The summed E-state index contributed by atoms with van der Waals surface area (Å²) < 4.78 is 30.9. The largest absolute Gasteiger partial charge is 0.461 e.